The fraction of sp³-hybridized carbons (Fsp3) is 0.318. The van der Waals surface area contributed by atoms with Crippen LogP contribution in [-0.2, 0) is 4.74 Å². The molecular weight excluding hydrogens is 394 g/mol. The highest BCUT2D eigenvalue weighted by Crippen LogP contribution is 2.28. The molecular formula is C22H27N7O2. The second kappa shape index (κ2) is 9.05. The molecule has 0 unspecified atom stereocenters. The summed E-state index contributed by atoms with van der Waals surface area (Å²) in [5.74, 6) is 0.914. The van der Waals surface area contributed by atoms with E-state index >= 15 is 0 Å². The van der Waals surface area contributed by atoms with Gasteiger partial charge in [-0.2, -0.15) is 0 Å². The number of rotatable bonds is 7. The van der Waals surface area contributed by atoms with Gasteiger partial charge in [0.05, 0.1) is 30.2 Å². The maximum absolute atomic E-state index is 12.1. The van der Waals surface area contributed by atoms with Gasteiger partial charge in [-0.25, -0.2) is 9.97 Å². The molecule has 2 aromatic heterocycles. The molecule has 3 aromatic rings. The van der Waals surface area contributed by atoms with Crippen LogP contribution in [0, 0.1) is 6.92 Å². The predicted molar refractivity (Wildman–Crippen MR) is 122 cm³/mol. The highest BCUT2D eigenvalue weighted by atomic mass is 16.5. The van der Waals surface area contributed by atoms with Crippen LogP contribution in [0.25, 0.3) is 11.4 Å². The van der Waals surface area contributed by atoms with Gasteiger partial charge < -0.3 is 31.0 Å². The summed E-state index contributed by atoms with van der Waals surface area (Å²) in [6.45, 7) is 7.63. The summed E-state index contributed by atoms with van der Waals surface area (Å²) in [6.07, 6.45) is 1.70. The Bertz CT molecular complexity index is 1070. The minimum absolute atomic E-state index is 0.436. The van der Waals surface area contributed by atoms with E-state index in [0.29, 0.717) is 30.4 Å². The summed E-state index contributed by atoms with van der Waals surface area (Å²) < 4.78 is 5.40. The third-order valence-electron chi connectivity index (χ3n) is 5.16. The third kappa shape index (κ3) is 4.61. The summed E-state index contributed by atoms with van der Waals surface area (Å²) >= 11 is 0. The molecule has 0 spiro atoms. The van der Waals surface area contributed by atoms with Crippen molar-refractivity contribution >= 4 is 29.0 Å². The van der Waals surface area contributed by atoms with Crippen molar-refractivity contribution < 1.29 is 9.53 Å². The second-order valence-corrected chi connectivity index (χ2v) is 7.36. The first-order valence-electron chi connectivity index (χ1n) is 10.4. The Labute approximate surface area is 181 Å². The van der Waals surface area contributed by atoms with Crippen molar-refractivity contribution in [2.45, 2.75) is 13.8 Å². The van der Waals surface area contributed by atoms with E-state index in [2.05, 4.69) is 36.6 Å². The number of anilines is 4. The number of amides is 1. The molecule has 1 aliphatic rings. The zero-order valence-electron chi connectivity index (χ0n) is 17.7. The van der Waals surface area contributed by atoms with E-state index in [0.717, 1.165) is 48.1 Å². The first-order chi connectivity index (χ1) is 15.0. The SMILES string of the molecule is CCNc1cc(C)c(-c2ccnc(Nc3ccc(N4CCOCC4)c(C(N)=O)c3)n2)[nH]1. The minimum atomic E-state index is -0.474. The number of nitrogens with two attached hydrogens (primary N) is 1. The first-order valence-corrected chi connectivity index (χ1v) is 10.4. The van der Waals surface area contributed by atoms with Crippen LogP contribution in [0.2, 0.25) is 0 Å². The van der Waals surface area contributed by atoms with Gasteiger partial charge in [0.15, 0.2) is 0 Å². The largest absolute Gasteiger partial charge is 0.378 e. The molecule has 3 heterocycles. The number of aromatic nitrogens is 3. The average Bonchev–Trinajstić information content (AvgIpc) is 3.15. The molecule has 0 atom stereocenters. The van der Waals surface area contributed by atoms with E-state index in [-0.39, 0.29) is 0 Å². The number of primary amides is 1. The summed E-state index contributed by atoms with van der Waals surface area (Å²) in [5.41, 5.74) is 10.4. The lowest BCUT2D eigenvalue weighted by Gasteiger charge is -2.30. The number of nitrogens with one attached hydrogen (secondary N) is 3. The molecule has 162 valence electrons. The maximum Gasteiger partial charge on any atom is 0.250 e. The lowest BCUT2D eigenvalue weighted by Crippen LogP contribution is -2.37. The van der Waals surface area contributed by atoms with Gasteiger partial charge in [-0.15, -0.1) is 0 Å². The Kier molecular flexibility index (Phi) is 6.03. The summed E-state index contributed by atoms with van der Waals surface area (Å²) in [7, 11) is 0. The number of H-pyrrole nitrogens is 1. The number of hydrogen-bond donors (Lipinski definition) is 4. The number of aryl methyl sites for hydroxylation is 1. The van der Waals surface area contributed by atoms with E-state index in [1.54, 1.807) is 12.3 Å². The number of hydrogen-bond acceptors (Lipinski definition) is 7. The van der Waals surface area contributed by atoms with Crippen LogP contribution in [0.5, 0.6) is 0 Å². The molecule has 9 nitrogen and oxygen atoms in total. The zero-order chi connectivity index (χ0) is 21.8. The van der Waals surface area contributed by atoms with Gasteiger partial charge in [-0.3, -0.25) is 4.79 Å². The number of morpholine rings is 1. The zero-order valence-corrected chi connectivity index (χ0v) is 17.7. The molecule has 1 amide bonds. The Morgan fingerprint density at radius 1 is 1.26 bits per heavy atom. The van der Waals surface area contributed by atoms with Crippen molar-refractivity contribution in [3.63, 3.8) is 0 Å². The normalized spacial score (nSPS) is 13.8. The van der Waals surface area contributed by atoms with Crippen molar-refractivity contribution in [1.82, 2.24) is 15.0 Å². The molecule has 9 heteroatoms. The van der Waals surface area contributed by atoms with Gasteiger partial charge >= 0.3 is 0 Å². The van der Waals surface area contributed by atoms with Crippen LogP contribution in [-0.4, -0.2) is 53.7 Å². The minimum Gasteiger partial charge on any atom is -0.378 e. The topological polar surface area (TPSA) is 121 Å². The van der Waals surface area contributed by atoms with Crippen molar-refractivity contribution in [2.24, 2.45) is 5.73 Å². The number of ether oxygens (including phenoxy) is 1. The van der Waals surface area contributed by atoms with Crippen LogP contribution >= 0.6 is 0 Å². The fourth-order valence-electron chi connectivity index (χ4n) is 3.69. The van der Waals surface area contributed by atoms with Crippen LogP contribution in [0.4, 0.5) is 23.1 Å². The van der Waals surface area contributed by atoms with E-state index in [9.17, 15) is 4.79 Å². The van der Waals surface area contributed by atoms with Crippen molar-refractivity contribution in [1.29, 1.82) is 0 Å². The second-order valence-electron chi connectivity index (χ2n) is 7.36. The maximum atomic E-state index is 12.1. The van der Waals surface area contributed by atoms with E-state index in [4.69, 9.17) is 10.5 Å². The smallest absolute Gasteiger partial charge is 0.250 e. The van der Waals surface area contributed by atoms with Crippen LogP contribution in [0.3, 0.4) is 0 Å². The average molecular weight is 422 g/mol. The molecule has 0 radical (unpaired) electrons. The van der Waals surface area contributed by atoms with Gasteiger partial charge in [-0.1, -0.05) is 0 Å². The Morgan fingerprint density at radius 2 is 2.06 bits per heavy atom. The monoisotopic (exact) mass is 421 g/mol. The molecule has 1 aliphatic heterocycles. The molecule has 1 aromatic carbocycles. The molecule has 0 aliphatic carbocycles. The van der Waals surface area contributed by atoms with Crippen LogP contribution in [0.1, 0.15) is 22.8 Å². The highest BCUT2D eigenvalue weighted by Gasteiger charge is 2.18. The molecule has 0 bridgehead atoms. The molecule has 4 rings (SSSR count). The van der Waals surface area contributed by atoms with E-state index in [1.807, 2.05) is 32.0 Å². The van der Waals surface area contributed by atoms with Gasteiger partial charge in [0, 0.05) is 37.2 Å². The van der Waals surface area contributed by atoms with Gasteiger partial charge in [0.2, 0.25) is 5.95 Å². The third-order valence-corrected chi connectivity index (χ3v) is 5.16. The number of carbonyl (C=O) groups excluding carboxylic acids is 1. The number of aromatic amines is 1. The van der Waals surface area contributed by atoms with Gasteiger partial charge in [0.1, 0.15) is 5.82 Å². The van der Waals surface area contributed by atoms with Crippen molar-refractivity contribution in [3.05, 3.63) is 47.7 Å². The Balaban J connectivity index is 1.59. The quantitative estimate of drug-likeness (QED) is 0.463. The molecule has 31 heavy (non-hydrogen) atoms. The van der Waals surface area contributed by atoms with Crippen LogP contribution in [0.15, 0.2) is 36.5 Å². The Hall–Kier alpha value is -3.59. The molecule has 0 saturated carbocycles. The van der Waals surface area contributed by atoms with E-state index in [1.165, 1.54) is 0 Å². The standard InChI is InChI=1S/C22H27N7O2/c1-3-24-19-12-14(2)20(28-19)17-6-7-25-22(27-17)26-15-4-5-18(16(13-15)21(23)30)29-8-10-31-11-9-29/h4-7,12-13,24,28H,3,8-11H2,1-2H3,(H2,23,30)(H,25,26,27). The highest BCUT2D eigenvalue weighted by molar-refractivity contribution is 6.00. The van der Waals surface area contributed by atoms with Crippen molar-refractivity contribution in [2.75, 3.05) is 48.4 Å². The molecule has 1 saturated heterocycles. The predicted octanol–water partition coefficient (Wildman–Crippen LogP) is 2.89. The Morgan fingerprint density at radius 3 is 2.81 bits per heavy atom. The lowest BCUT2D eigenvalue weighted by molar-refractivity contribution is 0.0998. The van der Waals surface area contributed by atoms with Gasteiger partial charge in [0.25, 0.3) is 5.91 Å². The summed E-state index contributed by atoms with van der Waals surface area (Å²) in [4.78, 5) is 26.5. The first kappa shape index (κ1) is 20.7. The van der Waals surface area contributed by atoms with Crippen molar-refractivity contribution in [3.8, 4) is 11.4 Å². The molecule has 1 fully saturated rings. The van der Waals surface area contributed by atoms with Gasteiger partial charge in [-0.05, 0) is 49.7 Å². The molecule has 5 N–H and O–H groups in total. The fourth-order valence-corrected chi connectivity index (χ4v) is 3.69. The van der Waals surface area contributed by atoms with Crippen LogP contribution < -0.4 is 21.3 Å². The summed E-state index contributed by atoms with van der Waals surface area (Å²) in [5, 5.41) is 6.46. The van der Waals surface area contributed by atoms with E-state index < -0.39 is 5.91 Å². The summed E-state index contributed by atoms with van der Waals surface area (Å²) in [6, 6.07) is 9.45. The lowest BCUT2D eigenvalue weighted by atomic mass is 10.1. The number of benzene rings is 1. The number of nitrogens with zero attached hydrogens (tertiary/aromatic N) is 3. The number of carbonyl (C=O) groups is 1.